The Kier molecular flexibility index (Phi) is 4.58. The van der Waals surface area contributed by atoms with Gasteiger partial charge in [-0.2, -0.15) is 0 Å². The molecule has 0 saturated carbocycles. The molecule has 19 heavy (non-hydrogen) atoms. The lowest BCUT2D eigenvalue weighted by molar-refractivity contribution is -0.132. The maximum absolute atomic E-state index is 13.1. The number of halogens is 2. The molecule has 1 fully saturated rings. The van der Waals surface area contributed by atoms with Crippen molar-refractivity contribution in [1.82, 2.24) is 10.2 Å². The molecule has 1 saturated heterocycles. The highest BCUT2D eigenvalue weighted by atomic mass is 79.9. The summed E-state index contributed by atoms with van der Waals surface area (Å²) in [6.07, 6.45) is 1.44. The van der Waals surface area contributed by atoms with Crippen molar-refractivity contribution in [1.29, 1.82) is 0 Å². The van der Waals surface area contributed by atoms with Crippen LogP contribution in [0.1, 0.15) is 31.4 Å². The number of hydrogen-bond acceptors (Lipinski definition) is 2. The van der Waals surface area contributed by atoms with Crippen molar-refractivity contribution in [3.05, 3.63) is 34.1 Å². The number of nitrogens with zero attached hydrogens (tertiary/aromatic N) is 1. The summed E-state index contributed by atoms with van der Waals surface area (Å²) in [5, 5.41) is 3.50. The lowest BCUT2D eigenvalue weighted by Crippen LogP contribution is -2.47. The smallest absolute Gasteiger partial charge is 0.222 e. The Bertz CT molecular complexity index is 481. The number of piperidine rings is 1. The molecule has 0 spiro atoms. The normalized spacial score (nSPS) is 21.6. The number of carbonyl (C=O) groups is 1. The fraction of sp³-hybridized carbons (Fsp3) is 0.500. The van der Waals surface area contributed by atoms with E-state index in [1.807, 2.05) is 7.05 Å². The van der Waals surface area contributed by atoms with Crippen LogP contribution in [0.25, 0.3) is 0 Å². The largest absolute Gasteiger partial charge is 0.344 e. The Morgan fingerprint density at radius 1 is 1.53 bits per heavy atom. The molecule has 1 aliphatic heterocycles. The zero-order valence-corrected chi connectivity index (χ0v) is 12.7. The summed E-state index contributed by atoms with van der Waals surface area (Å²) < 4.78 is 13.8. The molecule has 2 unspecified atom stereocenters. The van der Waals surface area contributed by atoms with E-state index >= 15 is 0 Å². The molecule has 2 atom stereocenters. The molecule has 5 heteroatoms. The number of benzene rings is 1. The highest BCUT2D eigenvalue weighted by Crippen LogP contribution is 2.25. The number of nitrogens with one attached hydrogen (secondary N) is 1. The molecule has 0 bridgehead atoms. The van der Waals surface area contributed by atoms with Crippen molar-refractivity contribution in [2.24, 2.45) is 0 Å². The van der Waals surface area contributed by atoms with Crippen LogP contribution in [0.15, 0.2) is 22.7 Å². The Morgan fingerprint density at radius 2 is 2.26 bits per heavy atom. The first-order valence-electron chi connectivity index (χ1n) is 6.42. The lowest BCUT2D eigenvalue weighted by atomic mass is 10.0. The van der Waals surface area contributed by atoms with Gasteiger partial charge in [0.2, 0.25) is 5.91 Å². The van der Waals surface area contributed by atoms with Crippen LogP contribution in [0.2, 0.25) is 0 Å². The van der Waals surface area contributed by atoms with E-state index in [0.717, 1.165) is 23.0 Å². The fourth-order valence-corrected chi connectivity index (χ4v) is 3.14. The first kappa shape index (κ1) is 14.5. The Morgan fingerprint density at radius 3 is 2.89 bits per heavy atom. The van der Waals surface area contributed by atoms with Gasteiger partial charge >= 0.3 is 0 Å². The van der Waals surface area contributed by atoms with Gasteiger partial charge in [0.1, 0.15) is 5.82 Å². The molecular formula is C14H18BrFN2O. The van der Waals surface area contributed by atoms with Crippen molar-refractivity contribution in [3.63, 3.8) is 0 Å². The first-order valence-corrected chi connectivity index (χ1v) is 7.21. The van der Waals surface area contributed by atoms with E-state index in [1.54, 1.807) is 11.0 Å². The van der Waals surface area contributed by atoms with Crippen LogP contribution in [0.4, 0.5) is 4.39 Å². The third-order valence-corrected chi connectivity index (χ3v) is 4.23. The van der Waals surface area contributed by atoms with Crippen LogP contribution in [0.5, 0.6) is 0 Å². The Labute approximate surface area is 121 Å². The van der Waals surface area contributed by atoms with Crippen molar-refractivity contribution < 1.29 is 9.18 Å². The minimum Gasteiger partial charge on any atom is -0.344 e. The van der Waals surface area contributed by atoms with E-state index in [0.29, 0.717) is 6.42 Å². The molecule has 0 aliphatic carbocycles. The van der Waals surface area contributed by atoms with E-state index in [2.05, 4.69) is 28.2 Å². The number of likely N-dealkylation sites (N-methyl/N-ethyl adjacent to an activating group) is 1. The molecule has 1 aromatic rings. The fourth-order valence-electron chi connectivity index (χ4n) is 2.44. The van der Waals surface area contributed by atoms with Crippen LogP contribution in [0.3, 0.4) is 0 Å². The first-order chi connectivity index (χ1) is 8.97. The maximum atomic E-state index is 13.1. The van der Waals surface area contributed by atoms with Gasteiger partial charge in [0.15, 0.2) is 0 Å². The number of rotatable bonds is 3. The molecule has 104 valence electrons. The van der Waals surface area contributed by atoms with Gasteiger partial charge in [0.25, 0.3) is 0 Å². The van der Waals surface area contributed by atoms with Crippen molar-refractivity contribution in [2.75, 3.05) is 13.6 Å². The van der Waals surface area contributed by atoms with E-state index < -0.39 is 0 Å². The summed E-state index contributed by atoms with van der Waals surface area (Å²) in [5.74, 6) is -0.0421. The van der Waals surface area contributed by atoms with Crippen LogP contribution in [-0.2, 0) is 4.79 Å². The third kappa shape index (κ3) is 3.54. The summed E-state index contributed by atoms with van der Waals surface area (Å²) in [6, 6.07) is 5.13. The Hall–Kier alpha value is -0.940. The van der Waals surface area contributed by atoms with Gasteiger partial charge in [-0.25, -0.2) is 4.39 Å². The van der Waals surface area contributed by atoms with Crippen molar-refractivity contribution in [2.45, 2.75) is 31.8 Å². The maximum Gasteiger partial charge on any atom is 0.222 e. The minimum absolute atomic E-state index is 0.113. The van der Waals surface area contributed by atoms with Gasteiger partial charge in [-0.1, -0.05) is 22.0 Å². The molecule has 1 aromatic carbocycles. The molecule has 3 nitrogen and oxygen atoms in total. The monoisotopic (exact) mass is 328 g/mol. The van der Waals surface area contributed by atoms with Crippen molar-refractivity contribution >= 4 is 21.8 Å². The standard InChI is InChI=1S/C14H18BrFN2O/c1-9(12-5-3-10(16)7-13(12)15)17-11-4-6-14(19)18(2)8-11/h3,5,7,9,11,17H,4,6,8H2,1-2H3. The highest BCUT2D eigenvalue weighted by Gasteiger charge is 2.24. The molecule has 0 radical (unpaired) electrons. The third-order valence-electron chi connectivity index (χ3n) is 3.54. The molecule has 1 heterocycles. The second kappa shape index (κ2) is 6.01. The highest BCUT2D eigenvalue weighted by molar-refractivity contribution is 9.10. The molecule has 1 aliphatic rings. The molecule has 1 N–H and O–H groups in total. The second-order valence-electron chi connectivity index (χ2n) is 5.06. The number of hydrogen-bond donors (Lipinski definition) is 1. The van der Waals surface area contributed by atoms with Crippen LogP contribution >= 0.6 is 15.9 Å². The van der Waals surface area contributed by atoms with Gasteiger partial charge in [-0.3, -0.25) is 4.79 Å². The van der Waals surface area contributed by atoms with Gasteiger partial charge in [0.05, 0.1) is 0 Å². The molecule has 0 aromatic heterocycles. The lowest BCUT2D eigenvalue weighted by Gasteiger charge is -2.32. The average molecular weight is 329 g/mol. The number of carbonyl (C=O) groups excluding carboxylic acids is 1. The predicted molar refractivity (Wildman–Crippen MR) is 76.3 cm³/mol. The Balaban J connectivity index is 2.01. The molecule has 2 rings (SSSR count). The zero-order chi connectivity index (χ0) is 14.0. The summed E-state index contributed by atoms with van der Waals surface area (Å²) in [4.78, 5) is 13.2. The van der Waals surface area contributed by atoms with Gasteiger partial charge in [-0.15, -0.1) is 0 Å². The van der Waals surface area contributed by atoms with E-state index in [-0.39, 0.29) is 23.8 Å². The quantitative estimate of drug-likeness (QED) is 0.925. The van der Waals surface area contributed by atoms with E-state index in [4.69, 9.17) is 0 Å². The summed E-state index contributed by atoms with van der Waals surface area (Å²) in [5.41, 5.74) is 1.03. The number of likely N-dealkylation sites (tertiary alicyclic amines) is 1. The van der Waals surface area contributed by atoms with Crippen LogP contribution in [-0.4, -0.2) is 30.4 Å². The average Bonchev–Trinajstić information content (AvgIpc) is 2.33. The van der Waals surface area contributed by atoms with Gasteiger partial charge < -0.3 is 10.2 Å². The minimum atomic E-state index is -0.245. The summed E-state index contributed by atoms with van der Waals surface area (Å²) >= 11 is 3.39. The van der Waals surface area contributed by atoms with Gasteiger partial charge in [0, 0.05) is 36.6 Å². The van der Waals surface area contributed by atoms with Crippen molar-refractivity contribution in [3.8, 4) is 0 Å². The SMILES string of the molecule is CC(NC1CCC(=O)N(C)C1)c1ccc(F)cc1Br. The predicted octanol–water partition coefficient (Wildman–Crippen LogP) is 2.86. The summed E-state index contributed by atoms with van der Waals surface area (Å²) in [6.45, 7) is 2.77. The summed E-state index contributed by atoms with van der Waals surface area (Å²) in [7, 11) is 1.83. The van der Waals surface area contributed by atoms with Crippen LogP contribution in [0, 0.1) is 5.82 Å². The zero-order valence-electron chi connectivity index (χ0n) is 11.1. The second-order valence-corrected chi connectivity index (χ2v) is 5.92. The number of amides is 1. The topological polar surface area (TPSA) is 32.3 Å². The van der Waals surface area contributed by atoms with Crippen LogP contribution < -0.4 is 5.32 Å². The van der Waals surface area contributed by atoms with Gasteiger partial charge in [-0.05, 0) is 31.0 Å². The molecular weight excluding hydrogens is 311 g/mol. The molecule has 1 amide bonds. The van der Waals surface area contributed by atoms with E-state index in [9.17, 15) is 9.18 Å². The van der Waals surface area contributed by atoms with E-state index in [1.165, 1.54) is 12.1 Å².